The molecular formula is C12H14O3. The highest BCUT2D eigenvalue weighted by atomic mass is 16.6. The van der Waals surface area contributed by atoms with Gasteiger partial charge in [0.1, 0.15) is 0 Å². The fourth-order valence-electron chi connectivity index (χ4n) is 1.41. The van der Waals surface area contributed by atoms with Gasteiger partial charge in [-0.2, -0.15) is 0 Å². The Hall–Kier alpha value is -1.64. The van der Waals surface area contributed by atoms with Crippen molar-refractivity contribution in [2.24, 2.45) is 0 Å². The predicted octanol–water partition coefficient (Wildman–Crippen LogP) is 2.27. The largest absolute Gasteiger partial charge is 0.393 e. The predicted molar refractivity (Wildman–Crippen MR) is 56.2 cm³/mol. The molecule has 15 heavy (non-hydrogen) atoms. The number of rotatable bonds is 1. The number of carbonyl (C=O) groups is 2. The number of benzene rings is 1. The van der Waals surface area contributed by atoms with E-state index in [4.69, 9.17) is 0 Å². The fraction of sp³-hybridized carbons (Fsp3) is 0.333. The van der Waals surface area contributed by atoms with E-state index >= 15 is 0 Å². The molecule has 2 rings (SSSR count). The zero-order valence-corrected chi connectivity index (χ0v) is 8.90. The number of esters is 2. The average molecular weight is 206 g/mol. The van der Waals surface area contributed by atoms with Gasteiger partial charge >= 0.3 is 11.9 Å². The van der Waals surface area contributed by atoms with Gasteiger partial charge in [0.25, 0.3) is 0 Å². The topological polar surface area (TPSA) is 43.4 Å². The van der Waals surface area contributed by atoms with Crippen molar-refractivity contribution < 1.29 is 14.3 Å². The summed E-state index contributed by atoms with van der Waals surface area (Å²) in [6.07, 6.45) is 0.169. The summed E-state index contributed by atoms with van der Waals surface area (Å²) in [5.74, 6) is -1.26. The van der Waals surface area contributed by atoms with E-state index in [1.54, 1.807) is 0 Å². The van der Waals surface area contributed by atoms with Crippen LogP contribution in [0, 0.1) is 0 Å². The van der Waals surface area contributed by atoms with Gasteiger partial charge in [0.15, 0.2) is 0 Å². The minimum absolute atomic E-state index is 0.169. The highest BCUT2D eigenvalue weighted by Gasteiger charge is 2.34. The summed E-state index contributed by atoms with van der Waals surface area (Å²) in [5, 5.41) is 0. The monoisotopic (exact) mass is 206 g/mol. The number of hydrogen-bond donors (Lipinski definition) is 0. The molecule has 80 valence electrons. The first-order valence-electron chi connectivity index (χ1n) is 5.07. The molecule has 1 aliphatic rings. The van der Waals surface area contributed by atoms with E-state index in [0.717, 1.165) is 5.56 Å². The van der Waals surface area contributed by atoms with Crippen molar-refractivity contribution >= 4 is 11.9 Å². The molecule has 1 aromatic carbocycles. The molecule has 1 unspecified atom stereocenters. The van der Waals surface area contributed by atoms with Gasteiger partial charge in [-0.05, 0) is 5.56 Å². The minimum Gasteiger partial charge on any atom is -0.393 e. The fourth-order valence-corrected chi connectivity index (χ4v) is 1.41. The average Bonchev–Trinajstić information content (AvgIpc) is 2.62. The van der Waals surface area contributed by atoms with E-state index in [2.05, 4.69) is 4.74 Å². The third-order valence-corrected chi connectivity index (χ3v) is 2.07. The number of ether oxygens (including phenoxy) is 1. The molecule has 0 amide bonds. The third-order valence-electron chi connectivity index (χ3n) is 2.07. The lowest BCUT2D eigenvalue weighted by atomic mass is 9.98. The molecule has 0 N–H and O–H groups in total. The number of hydrogen-bond acceptors (Lipinski definition) is 3. The summed E-state index contributed by atoms with van der Waals surface area (Å²) < 4.78 is 4.45. The van der Waals surface area contributed by atoms with Gasteiger partial charge in [0, 0.05) is 0 Å². The van der Waals surface area contributed by atoms with Crippen LogP contribution in [0.15, 0.2) is 30.3 Å². The van der Waals surface area contributed by atoms with Crippen molar-refractivity contribution in [3.8, 4) is 0 Å². The van der Waals surface area contributed by atoms with Gasteiger partial charge in [-0.3, -0.25) is 9.59 Å². The standard InChI is InChI=1S/C10H8O3.C2H6/c11-9-6-8(10(12)13-9)7-4-2-1-3-5-7;1-2/h1-5,8H,6H2;1-2H3. The molecule has 0 saturated carbocycles. The quantitative estimate of drug-likeness (QED) is 0.523. The molecule has 0 spiro atoms. The van der Waals surface area contributed by atoms with Crippen LogP contribution in [-0.4, -0.2) is 11.9 Å². The summed E-state index contributed by atoms with van der Waals surface area (Å²) in [6, 6.07) is 9.19. The third kappa shape index (κ3) is 2.65. The Kier molecular flexibility index (Phi) is 4.03. The van der Waals surface area contributed by atoms with Gasteiger partial charge < -0.3 is 4.74 Å². The molecule has 1 aromatic rings. The molecule has 0 bridgehead atoms. The molecule has 0 aromatic heterocycles. The smallest absolute Gasteiger partial charge is 0.321 e. The van der Waals surface area contributed by atoms with Crippen molar-refractivity contribution in [2.75, 3.05) is 0 Å². The molecule has 1 atom stereocenters. The van der Waals surface area contributed by atoms with Gasteiger partial charge in [0.05, 0.1) is 12.3 Å². The molecular weight excluding hydrogens is 192 g/mol. The zero-order valence-electron chi connectivity index (χ0n) is 8.90. The van der Waals surface area contributed by atoms with Crippen LogP contribution in [0.2, 0.25) is 0 Å². The Morgan fingerprint density at radius 2 is 1.73 bits per heavy atom. The van der Waals surface area contributed by atoms with E-state index in [-0.39, 0.29) is 6.42 Å². The van der Waals surface area contributed by atoms with Crippen LogP contribution >= 0.6 is 0 Å². The first-order chi connectivity index (χ1) is 7.27. The van der Waals surface area contributed by atoms with Crippen LogP contribution in [0.4, 0.5) is 0 Å². The first kappa shape index (κ1) is 11.4. The lowest BCUT2D eigenvalue weighted by Gasteiger charge is -2.02. The molecule has 0 radical (unpaired) electrons. The zero-order chi connectivity index (χ0) is 11.3. The second-order valence-corrected chi connectivity index (χ2v) is 2.96. The van der Waals surface area contributed by atoms with Crippen molar-refractivity contribution in [1.82, 2.24) is 0 Å². The minimum atomic E-state index is -0.434. The van der Waals surface area contributed by atoms with E-state index in [9.17, 15) is 9.59 Å². The lowest BCUT2D eigenvalue weighted by Crippen LogP contribution is -2.04. The Balaban J connectivity index is 0.000000531. The molecule has 3 heteroatoms. The lowest BCUT2D eigenvalue weighted by molar-refractivity contribution is -0.152. The summed E-state index contributed by atoms with van der Waals surface area (Å²) in [4.78, 5) is 21.9. The molecule has 1 fully saturated rings. The molecule has 1 heterocycles. The molecule has 1 saturated heterocycles. The normalized spacial score (nSPS) is 19.2. The van der Waals surface area contributed by atoms with Crippen molar-refractivity contribution in [2.45, 2.75) is 26.2 Å². The van der Waals surface area contributed by atoms with Crippen LogP contribution in [0.5, 0.6) is 0 Å². The summed E-state index contributed by atoms with van der Waals surface area (Å²) >= 11 is 0. The Bertz CT molecular complexity index is 343. The van der Waals surface area contributed by atoms with Crippen LogP contribution < -0.4 is 0 Å². The van der Waals surface area contributed by atoms with Gasteiger partial charge in [-0.1, -0.05) is 44.2 Å². The Morgan fingerprint density at radius 1 is 1.13 bits per heavy atom. The summed E-state index contributed by atoms with van der Waals surface area (Å²) in [7, 11) is 0. The Labute approximate surface area is 89.1 Å². The van der Waals surface area contributed by atoms with E-state index in [0.29, 0.717) is 0 Å². The number of cyclic esters (lactones) is 2. The van der Waals surface area contributed by atoms with E-state index in [1.165, 1.54) is 0 Å². The van der Waals surface area contributed by atoms with Crippen LogP contribution in [-0.2, 0) is 14.3 Å². The van der Waals surface area contributed by atoms with E-state index < -0.39 is 17.9 Å². The highest BCUT2D eigenvalue weighted by Crippen LogP contribution is 2.26. The first-order valence-corrected chi connectivity index (χ1v) is 5.07. The van der Waals surface area contributed by atoms with Crippen LogP contribution in [0.1, 0.15) is 31.7 Å². The molecule has 3 nitrogen and oxygen atoms in total. The van der Waals surface area contributed by atoms with Gasteiger partial charge in [-0.25, -0.2) is 0 Å². The van der Waals surface area contributed by atoms with Crippen LogP contribution in [0.25, 0.3) is 0 Å². The van der Waals surface area contributed by atoms with Crippen LogP contribution in [0.3, 0.4) is 0 Å². The Morgan fingerprint density at radius 3 is 2.20 bits per heavy atom. The maximum atomic E-state index is 11.1. The maximum absolute atomic E-state index is 11.1. The second kappa shape index (κ2) is 5.29. The molecule has 0 aliphatic carbocycles. The molecule has 1 aliphatic heterocycles. The SMILES string of the molecule is CC.O=C1CC(c2ccccc2)C(=O)O1. The second-order valence-electron chi connectivity index (χ2n) is 2.96. The van der Waals surface area contributed by atoms with Crippen molar-refractivity contribution in [3.05, 3.63) is 35.9 Å². The van der Waals surface area contributed by atoms with Crippen molar-refractivity contribution in [1.29, 1.82) is 0 Å². The highest BCUT2D eigenvalue weighted by molar-refractivity contribution is 5.97. The van der Waals surface area contributed by atoms with Gasteiger partial charge in [-0.15, -0.1) is 0 Å². The van der Waals surface area contributed by atoms with Gasteiger partial charge in [0.2, 0.25) is 0 Å². The van der Waals surface area contributed by atoms with Crippen molar-refractivity contribution in [3.63, 3.8) is 0 Å². The number of carbonyl (C=O) groups excluding carboxylic acids is 2. The maximum Gasteiger partial charge on any atom is 0.321 e. The van der Waals surface area contributed by atoms with E-state index in [1.807, 2.05) is 44.2 Å². The summed E-state index contributed by atoms with van der Waals surface area (Å²) in [6.45, 7) is 4.00. The summed E-state index contributed by atoms with van der Waals surface area (Å²) in [5.41, 5.74) is 0.846.